The Morgan fingerprint density at radius 2 is 1.69 bits per heavy atom. The maximum Gasteiger partial charge on any atom is 0.528 e. The smallest absolute Gasteiger partial charge is 0.505 e. The van der Waals surface area contributed by atoms with Crippen LogP contribution in [0.5, 0.6) is 0 Å². The largest absolute Gasteiger partial charge is 0.528 e. The highest BCUT2D eigenvalue weighted by Crippen LogP contribution is 2.69. The zero-order chi connectivity index (χ0) is 32.9. The van der Waals surface area contributed by atoms with Gasteiger partial charge in [0.25, 0.3) is 5.76 Å². The minimum absolute atomic E-state index is 0.170. The lowest BCUT2D eigenvalue weighted by molar-refractivity contribution is -0.147. The Balaban J connectivity index is 1.20. The molecule has 13 unspecified atom stereocenters. The first-order valence-corrected chi connectivity index (χ1v) is 19.3. The predicted octanol–water partition coefficient (Wildman–Crippen LogP) is 7.29. The molecule has 5 rings (SSSR count). The third-order valence-corrected chi connectivity index (χ3v) is 14.8. The van der Waals surface area contributed by atoms with Crippen LogP contribution in [0.4, 0.5) is 0 Å². The fourth-order valence-corrected chi connectivity index (χ4v) is 12.2. The summed E-state index contributed by atoms with van der Waals surface area (Å²) in [6, 6.07) is 0. The summed E-state index contributed by atoms with van der Waals surface area (Å²) in [5.41, 5.74) is 0.599. The maximum absolute atomic E-state index is 13.0. The van der Waals surface area contributed by atoms with E-state index in [1.807, 2.05) is 0 Å². The van der Waals surface area contributed by atoms with Crippen LogP contribution >= 0.6 is 7.82 Å². The van der Waals surface area contributed by atoms with E-state index in [9.17, 15) is 24.5 Å². The molecule has 1 aliphatic heterocycles. The number of carbonyl (C=O) groups excluding carboxylic acids is 1. The lowest BCUT2D eigenvalue weighted by Gasteiger charge is -2.61. The number of fused-ring (bicyclic) bond motifs is 5. The van der Waals surface area contributed by atoms with Gasteiger partial charge in [0.15, 0.2) is 11.9 Å². The molecule has 0 aromatic rings. The molecule has 10 heteroatoms. The van der Waals surface area contributed by atoms with Crippen LogP contribution in [-0.4, -0.2) is 51.1 Å². The average molecular weight is 655 g/mol. The van der Waals surface area contributed by atoms with Crippen LogP contribution < -0.4 is 0 Å². The van der Waals surface area contributed by atoms with Crippen molar-refractivity contribution in [3.63, 3.8) is 0 Å². The Hall–Kier alpha value is -1.12. The molecule has 0 bridgehead atoms. The highest BCUT2D eigenvalue weighted by atomic mass is 31.2. The molecule has 5 aliphatic rings. The molecule has 0 amide bonds. The van der Waals surface area contributed by atoms with Gasteiger partial charge in [-0.1, -0.05) is 54.4 Å². The van der Waals surface area contributed by atoms with Crippen molar-refractivity contribution in [3.8, 4) is 0 Å². The molecule has 258 valence electrons. The average Bonchev–Trinajstić information content (AvgIpc) is 3.48. The summed E-state index contributed by atoms with van der Waals surface area (Å²) >= 11 is 0. The van der Waals surface area contributed by atoms with Gasteiger partial charge < -0.3 is 24.6 Å². The molecule has 0 aromatic heterocycles. The Labute approximate surface area is 270 Å². The van der Waals surface area contributed by atoms with E-state index in [0.717, 1.165) is 48.3 Å². The Kier molecular flexibility index (Phi) is 10.5. The van der Waals surface area contributed by atoms with E-state index in [1.54, 1.807) is 0 Å². The normalized spacial score (nSPS) is 41.5. The number of ether oxygens (including phenoxy) is 1. The van der Waals surface area contributed by atoms with Crippen LogP contribution in [0, 0.1) is 58.2 Å². The zero-order valence-corrected chi connectivity index (χ0v) is 29.2. The Bertz CT molecular complexity index is 1160. The molecule has 0 spiro atoms. The highest BCUT2D eigenvalue weighted by Gasteiger charge is 2.61. The standard InChI is InChI=1S/C35H59O9P/c1-7-22(20(2)3)9-8-21(4)26-12-13-27-25-11-10-23-18-24(14-16-34(23,5)28(25)15-17-35(26,27)6)43-45(40,41)44-32-30(38)31(29(37)19-36)42-33(32)39/h20-29,31,36-38H,7-19H2,1-6H3,(H,40,41). The first kappa shape index (κ1) is 35.2. The molecule has 45 heavy (non-hydrogen) atoms. The van der Waals surface area contributed by atoms with Gasteiger partial charge in [0, 0.05) is 0 Å². The number of rotatable bonds is 12. The SMILES string of the molecule is CCC(CCC(C)C1CCC2C3CCC4CC(OP(=O)(O)OC5=C(O)C(C(O)CO)OC5=O)CCC4(C)C3CCC12C)C(C)C. The van der Waals surface area contributed by atoms with Gasteiger partial charge in [0.2, 0.25) is 0 Å². The third kappa shape index (κ3) is 6.64. The van der Waals surface area contributed by atoms with Gasteiger partial charge in [-0.15, -0.1) is 0 Å². The quantitative estimate of drug-likeness (QED) is 0.126. The zero-order valence-electron chi connectivity index (χ0n) is 28.3. The number of aliphatic hydroxyl groups is 3. The topological polar surface area (TPSA) is 143 Å². The van der Waals surface area contributed by atoms with E-state index < -0.39 is 50.2 Å². The van der Waals surface area contributed by atoms with Crippen LogP contribution in [0.15, 0.2) is 11.5 Å². The monoisotopic (exact) mass is 654 g/mol. The van der Waals surface area contributed by atoms with Crippen LogP contribution in [0.1, 0.15) is 119 Å². The first-order chi connectivity index (χ1) is 21.1. The maximum atomic E-state index is 13.0. The van der Waals surface area contributed by atoms with Gasteiger partial charge in [0.05, 0.1) is 12.7 Å². The van der Waals surface area contributed by atoms with Crippen molar-refractivity contribution in [1.29, 1.82) is 0 Å². The molecule has 0 saturated heterocycles. The molecule has 13 atom stereocenters. The van der Waals surface area contributed by atoms with Gasteiger partial charge in [-0.3, -0.25) is 9.42 Å². The molecule has 4 fully saturated rings. The third-order valence-electron chi connectivity index (χ3n) is 13.8. The van der Waals surface area contributed by atoms with E-state index >= 15 is 0 Å². The summed E-state index contributed by atoms with van der Waals surface area (Å²) < 4.78 is 28.4. The molecule has 1 heterocycles. The Morgan fingerprint density at radius 1 is 1.00 bits per heavy atom. The van der Waals surface area contributed by atoms with E-state index in [0.29, 0.717) is 30.1 Å². The second-order valence-corrected chi connectivity index (χ2v) is 17.5. The summed E-state index contributed by atoms with van der Waals surface area (Å²) in [4.78, 5) is 22.7. The summed E-state index contributed by atoms with van der Waals surface area (Å²) in [7, 11) is -4.77. The van der Waals surface area contributed by atoms with E-state index in [-0.39, 0.29) is 5.41 Å². The van der Waals surface area contributed by atoms with Crippen molar-refractivity contribution in [2.24, 2.45) is 58.2 Å². The molecule has 4 N–H and O–H groups in total. The molecule has 4 aliphatic carbocycles. The number of phosphoric ester groups is 1. The van der Waals surface area contributed by atoms with Crippen molar-refractivity contribution < 1.29 is 43.4 Å². The summed E-state index contributed by atoms with van der Waals surface area (Å²) in [6.45, 7) is 13.9. The number of cyclic esters (lactones) is 1. The predicted molar refractivity (Wildman–Crippen MR) is 171 cm³/mol. The Morgan fingerprint density at radius 3 is 2.36 bits per heavy atom. The molecule has 0 aromatic carbocycles. The lowest BCUT2D eigenvalue weighted by atomic mass is 9.44. The van der Waals surface area contributed by atoms with Crippen molar-refractivity contribution in [2.75, 3.05) is 6.61 Å². The summed E-state index contributed by atoms with van der Waals surface area (Å²) in [5, 5.41) is 29.1. The van der Waals surface area contributed by atoms with E-state index in [1.165, 1.54) is 51.4 Å². The van der Waals surface area contributed by atoms with Crippen molar-refractivity contribution in [3.05, 3.63) is 11.5 Å². The number of aliphatic hydroxyl groups excluding tert-OH is 3. The number of carbonyl (C=O) groups is 1. The molecule has 9 nitrogen and oxygen atoms in total. The van der Waals surface area contributed by atoms with E-state index in [2.05, 4.69) is 41.5 Å². The number of hydrogen-bond acceptors (Lipinski definition) is 8. The highest BCUT2D eigenvalue weighted by molar-refractivity contribution is 7.47. The van der Waals surface area contributed by atoms with E-state index in [4.69, 9.17) is 18.9 Å². The van der Waals surface area contributed by atoms with Gasteiger partial charge in [0.1, 0.15) is 6.10 Å². The molecular formula is C35H59O9P. The summed E-state index contributed by atoms with van der Waals surface area (Å²) in [6.07, 6.45) is 10.1. The van der Waals surface area contributed by atoms with Crippen LogP contribution in [0.3, 0.4) is 0 Å². The lowest BCUT2D eigenvalue weighted by Crippen LogP contribution is -2.54. The van der Waals surface area contributed by atoms with Crippen LogP contribution in [-0.2, 0) is 23.1 Å². The van der Waals surface area contributed by atoms with Crippen molar-refractivity contribution in [1.82, 2.24) is 0 Å². The minimum Gasteiger partial charge on any atom is -0.505 e. The fraction of sp³-hybridized carbons (Fsp3) is 0.914. The number of hydrogen-bond donors (Lipinski definition) is 4. The first-order valence-electron chi connectivity index (χ1n) is 17.8. The number of esters is 1. The van der Waals surface area contributed by atoms with Crippen molar-refractivity contribution in [2.45, 2.75) is 137 Å². The molecule has 4 saturated carbocycles. The van der Waals surface area contributed by atoms with Crippen LogP contribution in [0.25, 0.3) is 0 Å². The van der Waals surface area contributed by atoms with Gasteiger partial charge in [-0.25, -0.2) is 9.36 Å². The van der Waals surface area contributed by atoms with Gasteiger partial charge >= 0.3 is 13.8 Å². The fourth-order valence-electron chi connectivity index (χ4n) is 11.2. The second-order valence-electron chi connectivity index (χ2n) is 16.2. The van der Waals surface area contributed by atoms with Gasteiger partial charge in [-0.2, -0.15) is 0 Å². The second kappa shape index (κ2) is 13.4. The van der Waals surface area contributed by atoms with Crippen molar-refractivity contribution >= 4 is 13.8 Å². The summed E-state index contributed by atoms with van der Waals surface area (Å²) in [5.74, 6) is 2.87. The molecule has 0 radical (unpaired) electrons. The number of phosphoric acid groups is 1. The van der Waals surface area contributed by atoms with Gasteiger partial charge in [-0.05, 0) is 122 Å². The minimum atomic E-state index is -4.77. The van der Waals surface area contributed by atoms with Crippen LogP contribution in [0.2, 0.25) is 0 Å². The molecular weight excluding hydrogens is 595 g/mol.